The van der Waals surface area contributed by atoms with Crippen molar-refractivity contribution in [2.75, 3.05) is 5.32 Å². The Morgan fingerprint density at radius 1 is 0.846 bits per heavy atom. The summed E-state index contributed by atoms with van der Waals surface area (Å²) >= 11 is 2.84. The van der Waals surface area contributed by atoms with Gasteiger partial charge in [-0.25, -0.2) is 0 Å². The summed E-state index contributed by atoms with van der Waals surface area (Å²) in [5.74, 6) is -0.260. The van der Waals surface area contributed by atoms with Gasteiger partial charge >= 0.3 is 143 Å². The van der Waals surface area contributed by atoms with Crippen molar-refractivity contribution in [1.82, 2.24) is 0 Å². The average Bonchev–Trinajstić information content (AvgIpc) is 2.61. The molecule has 131 valence electrons. The van der Waals surface area contributed by atoms with Gasteiger partial charge in [0.15, 0.2) is 0 Å². The molecule has 0 aliphatic rings. The molecule has 2 nitrogen and oxygen atoms in total. The van der Waals surface area contributed by atoms with Gasteiger partial charge in [-0.05, 0) is 0 Å². The van der Waals surface area contributed by atoms with Crippen molar-refractivity contribution in [3.8, 4) is 11.1 Å². The number of carbonyl (C=O) groups is 1. The van der Waals surface area contributed by atoms with E-state index in [1.807, 2.05) is 6.07 Å². The zero-order valence-electron chi connectivity index (χ0n) is 13.4. The number of rotatable bonds is 3. The summed E-state index contributed by atoms with van der Waals surface area (Å²) < 4.78 is 38.8. The van der Waals surface area contributed by atoms with Crippen molar-refractivity contribution >= 4 is 32.1 Å². The second-order valence-corrected chi connectivity index (χ2v) is 6.53. The quantitative estimate of drug-likeness (QED) is 0.626. The summed E-state index contributed by atoms with van der Waals surface area (Å²) in [6, 6.07) is 19.0. The Bertz CT molecular complexity index is 936. The van der Waals surface area contributed by atoms with Crippen LogP contribution in [0.2, 0.25) is 0 Å². The number of amides is 1. The standard InChI is InChI=1S/C20H13F3NOSe/c21-20(22,23)15-10-8-13(9-11-15)14-4-3-5-16(12-14)24-19(25)17-6-1-2-7-18(17)26/h1-12H,(H,24,25). The molecule has 6 heteroatoms. The summed E-state index contributed by atoms with van der Waals surface area (Å²) in [4.78, 5) is 12.4. The number of nitrogens with one attached hydrogen (secondary N) is 1. The van der Waals surface area contributed by atoms with Crippen molar-refractivity contribution in [3.05, 3.63) is 83.9 Å². The van der Waals surface area contributed by atoms with E-state index in [1.54, 1.807) is 42.5 Å². The van der Waals surface area contributed by atoms with E-state index in [9.17, 15) is 18.0 Å². The number of benzene rings is 3. The van der Waals surface area contributed by atoms with Gasteiger partial charge in [0.1, 0.15) is 0 Å². The fourth-order valence-corrected chi connectivity index (χ4v) is 2.98. The Balaban J connectivity index is 1.82. The van der Waals surface area contributed by atoms with Gasteiger partial charge in [-0.3, -0.25) is 0 Å². The van der Waals surface area contributed by atoms with E-state index in [0.717, 1.165) is 16.6 Å². The molecule has 0 spiro atoms. The van der Waals surface area contributed by atoms with E-state index < -0.39 is 11.7 Å². The van der Waals surface area contributed by atoms with E-state index in [4.69, 9.17) is 0 Å². The first-order valence-electron chi connectivity index (χ1n) is 7.70. The zero-order valence-corrected chi connectivity index (χ0v) is 15.1. The van der Waals surface area contributed by atoms with Crippen LogP contribution in [0.15, 0.2) is 72.8 Å². The minimum absolute atomic E-state index is 0.260. The molecule has 0 unspecified atom stereocenters. The van der Waals surface area contributed by atoms with E-state index in [2.05, 4.69) is 21.3 Å². The number of carbonyl (C=O) groups excluding carboxylic acids is 1. The molecule has 0 aromatic heterocycles. The molecule has 3 aromatic rings. The predicted molar refractivity (Wildman–Crippen MR) is 96.7 cm³/mol. The summed E-state index contributed by atoms with van der Waals surface area (Å²) in [6.45, 7) is 0. The van der Waals surface area contributed by atoms with Crippen LogP contribution in [-0.2, 0) is 6.18 Å². The maximum absolute atomic E-state index is 12.7. The van der Waals surface area contributed by atoms with E-state index in [-0.39, 0.29) is 5.91 Å². The van der Waals surface area contributed by atoms with Crippen molar-refractivity contribution in [2.45, 2.75) is 6.18 Å². The van der Waals surface area contributed by atoms with Gasteiger partial charge in [0.05, 0.1) is 0 Å². The van der Waals surface area contributed by atoms with Gasteiger partial charge < -0.3 is 0 Å². The molecule has 0 saturated carbocycles. The number of anilines is 1. The third-order valence-electron chi connectivity index (χ3n) is 3.80. The van der Waals surface area contributed by atoms with Crippen LogP contribution in [0.4, 0.5) is 18.9 Å². The minimum atomic E-state index is -4.36. The van der Waals surface area contributed by atoms with E-state index in [1.165, 1.54) is 12.1 Å². The fraction of sp³-hybridized carbons (Fsp3) is 0.0500. The molecule has 0 aliphatic heterocycles. The van der Waals surface area contributed by atoms with Crippen LogP contribution in [0.25, 0.3) is 11.1 Å². The average molecular weight is 419 g/mol. The summed E-state index contributed by atoms with van der Waals surface area (Å²) in [5.41, 5.74) is 1.75. The van der Waals surface area contributed by atoms with E-state index >= 15 is 0 Å². The molecule has 0 fully saturated rings. The topological polar surface area (TPSA) is 29.1 Å². The van der Waals surface area contributed by atoms with Gasteiger partial charge in [-0.1, -0.05) is 0 Å². The molecule has 3 aromatic carbocycles. The summed E-state index contributed by atoms with van der Waals surface area (Å²) in [7, 11) is 0. The Morgan fingerprint density at radius 3 is 2.19 bits per heavy atom. The fourth-order valence-electron chi connectivity index (χ4n) is 2.48. The Labute approximate surface area is 156 Å². The molecule has 0 saturated heterocycles. The molecular weight excluding hydrogens is 406 g/mol. The molecule has 1 amide bonds. The first-order valence-corrected chi connectivity index (χ1v) is 8.55. The molecule has 1 N–H and O–H groups in total. The molecule has 0 aliphatic carbocycles. The molecule has 3 rings (SSSR count). The van der Waals surface area contributed by atoms with E-state index in [0.29, 0.717) is 22.4 Å². The molecule has 26 heavy (non-hydrogen) atoms. The van der Waals surface area contributed by atoms with Crippen LogP contribution >= 0.6 is 0 Å². The van der Waals surface area contributed by atoms with Crippen molar-refractivity contribution in [2.24, 2.45) is 0 Å². The first-order chi connectivity index (χ1) is 12.3. The SMILES string of the molecule is O=C(Nc1cccc(-c2ccc(C(F)(F)F)cc2)c1)c1ccccc1[Se]. The van der Waals surface area contributed by atoms with Gasteiger partial charge in [0.25, 0.3) is 0 Å². The van der Waals surface area contributed by atoms with Crippen molar-refractivity contribution in [1.29, 1.82) is 0 Å². The van der Waals surface area contributed by atoms with Gasteiger partial charge in [0, 0.05) is 0 Å². The third kappa shape index (κ3) is 4.15. The van der Waals surface area contributed by atoms with Crippen LogP contribution in [0.1, 0.15) is 15.9 Å². The predicted octanol–water partition coefficient (Wildman–Crippen LogP) is 4.42. The normalized spacial score (nSPS) is 11.2. The molecule has 0 atom stereocenters. The summed E-state index contributed by atoms with van der Waals surface area (Å²) in [5, 5.41) is 2.81. The molecule has 0 heterocycles. The molecular formula is C20H13F3NOSe. The van der Waals surface area contributed by atoms with Crippen LogP contribution in [0.5, 0.6) is 0 Å². The van der Waals surface area contributed by atoms with Crippen LogP contribution < -0.4 is 9.78 Å². The summed E-state index contributed by atoms with van der Waals surface area (Å²) in [6.07, 6.45) is -4.36. The zero-order chi connectivity index (χ0) is 18.7. The molecule has 1 radical (unpaired) electrons. The Kier molecular flexibility index (Phi) is 5.16. The second kappa shape index (κ2) is 7.36. The number of hydrogen-bond donors (Lipinski definition) is 1. The number of halogens is 3. The third-order valence-corrected chi connectivity index (χ3v) is 4.54. The van der Waals surface area contributed by atoms with Crippen LogP contribution in [-0.4, -0.2) is 21.9 Å². The van der Waals surface area contributed by atoms with Crippen molar-refractivity contribution < 1.29 is 18.0 Å². The number of alkyl halides is 3. The van der Waals surface area contributed by atoms with Gasteiger partial charge in [-0.2, -0.15) is 13.2 Å². The van der Waals surface area contributed by atoms with Crippen molar-refractivity contribution in [3.63, 3.8) is 0 Å². The molecule has 0 bridgehead atoms. The first kappa shape index (κ1) is 18.2. The van der Waals surface area contributed by atoms with Gasteiger partial charge in [0.2, 0.25) is 0 Å². The monoisotopic (exact) mass is 420 g/mol. The number of hydrogen-bond acceptors (Lipinski definition) is 1. The Morgan fingerprint density at radius 2 is 1.54 bits per heavy atom. The second-order valence-electron chi connectivity index (χ2n) is 5.61. The Hall–Kier alpha value is -2.56. The van der Waals surface area contributed by atoms with Crippen LogP contribution in [0.3, 0.4) is 0 Å². The van der Waals surface area contributed by atoms with Gasteiger partial charge in [-0.15, -0.1) is 0 Å². The van der Waals surface area contributed by atoms with Crippen LogP contribution in [0, 0.1) is 0 Å². The maximum atomic E-state index is 12.7.